The smallest absolute Gasteiger partial charge is 0.268 e. The van der Waals surface area contributed by atoms with E-state index in [1.54, 1.807) is 41.0 Å². The van der Waals surface area contributed by atoms with Gasteiger partial charge in [-0.2, -0.15) is 4.99 Å². The molecular formula is C22H17N3O5S. The van der Waals surface area contributed by atoms with Crippen molar-refractivity contribution < 1.29 is 23.9 Å². The lowest BCUT2D eigenvalue weighted by Gasteiger charge is -2.10. The number of terminal acetylenes is 1. The molecule has 0 fully saturated rings. The Hall–Kier alpha value is -3.90. The number of carbonyl (C=O) groups excluding carboxylic acids is 3. The van der Waals surface area contributed by atoms with Crippen LogP contribution >= 0.6 is 11.3 Å². The molecule has 2 aromatic carbocycles. The number of methoxy groups -OCH3 is 2. The van der Waals surface area contributed by atoms with E-state index in [1.807, 2.05) is 0 Å². The second kappa shape index (κ2) is 8.08. The minimum Gasteiger partial charge on any atom is -0.493 e. The molecule has 0 saturated heterocycles. The van der Waals surface area contributed by atoms with E-state index >= 15 is 0 Å². The summed E-state index contributed by atoms with van der Waals surface area (Å²) in [4.78, 5) is 43.1. The summed E-state index contributed by atoms with van der Waals surface area (Å²) in [6, 6.07) is 10.00. The van der Waals surface area contributed by atoms with Gasteiger partial charge in [-0.25, -0.2) is 0 Å². The monoisotopic (exact) mass is 435 g/mol. The third-order valence-corrected chi connectivity index (χ3v) is 5.87. The van der Waals surface area contributed by atoms with Crippen molar-refractivity contribution in [1.29, 1.82) is 0 Å². The molecule has 3 amide bonds. The number of aromatic nitrogens is 1. The average molecular weight is 435 g/mol. The van der Waals surface area contributed by atoms with E-state index in [4.69, 9.17) is 15.9 Å². The van der Waals surface area contributed by atoms with Crippen molar-refractivity contribution in [2.75, 3.05) is 20.8 Å². The number of amides is 3. The van der Waals surface area contributed by atoms with Gasteiger partial charge >= 0.3 is 0 Å². The zero-order valence-corrected chi connectivity index (χ0v) is 17.6. The van der Waals surface area contributed by atoms with E-state index in [9.17, 15) is 14.4 Å². The van der Waals surface area contributed by atoms with Crippen molar-refractivity contribution >= 4 is 39.3 Å². The maximum Gasteiger partial charge on any atom is 0.268 e. The van der Waals surface area contributed by atoms with Gasteiger partial charge in [-0.15, -0.1) is 6.42 Å². The highest BCUT2D eigenvalue weighted by atomic mass is 32.1. The van der Waals surface area contributed by atoms with Crippen molar-refractivity contribution in [1.82, 2.24) is 9.47 Å². The standard InChI is InChI=1S/C22H17N3O5S/c1-4-9-24-15-10-16(29-2)17(30-3)11-18(15)31-22(24)23-19(26)12-25-20(27)13-7-5-6-8-14(13)21(25)28/h1,5-8,10-11H,9,12H2,2-3H3. The maximum absolute atomic E-state index is 12.7. The first kappa shape index (κ1) is 20.4. The maximum atomic E-state index is 12.7. The predicted molar refractivity (Wildman–Crippen MR) is 114 cm³/mol. The van der Waals surface area contributed by atoms with E-state index in [0.29, 0.717) is 16.3 Å². The summed E-state index contributed by atoms with van der Waals surface area (Å²) in [7, 11) is 3.06. The zero-order valence-electron chi connectivity index (χ0n) is 16.7. The van der Waals surface area contributed by atoms with Crippen LogP contribution in [-0.4, -0.2) is 48.0 Å². The first-order valence-corrected chi connectivity index (χ1v) is 10.0. The minimum absolute atomic E-state index is 0.175. The van der Waals surface area contributed by atoms with Crippen LogP contribution in [0.3, 0.4) is 0 Å². The Morgan fingerprint density at radius 2 is 1.71 bits per heavy atom. The molecule has 9 heteroatoms. The third kappa shape index (κ3) is 3.47. The molecule has 2 heterocycles. The van der Waals surface area contributed by atoms with Crippen LogP contribution in [0.4, 0.5) is 0 Å². The summed E-state index contributed by atoms with van der Waals surface area (Å²) in [5, 5.41) is 0. The Labute approximate surface area is 181 Å². The van der Waals surface area contributed by atoms with Crippen molar-refractivity contribution in [3.8, 4) is 23.8 Å². The van der Waals surface area contributed by atoms with Gasteiger partial charge in [0, 0.05) is 12.1 Å². The second-order valence-electron chi connectivity index (χ2n) is 6.60. The molecule has 3 aromatic rings. The van der Waals surface area contributed by atoms with Gasteiger partial charge in [-0.3, -0.25) is 19.3 Å². The van der Waals surface area contributed by atoms with E-state index in [2.05, 4.69) is 10.9 Å². The number of nitrogens with zero attached hydrogens (tertiary/aromatic N) is 3. The van der Waals surface area contributed by atoms with Gasteiger partial charge in [0.1, 0.15) is 6.54 Å². The molecule has 0 radical (unpaired) electrons. The molecule has 1 aliphatic rings. The molecule has 1 aliphatic heterocycles. The molecule has 31 heavy (non-hydrogen) atoms. The molecule has 0 saturated carbocycles. The lowest BCUT2D eigenvalue weighted by atomic mass is 10.1. The molecule has 1 aromatic heterocycles. The number of imide groups is 1. The fourth-order valence-electron chi connectivity index (χ4n) is 3.39. The third-order valence-electron chi connectivity index (χ3n) is 4.83. The van der Waals surface area contributed by atoms with Gasteiger partial charge in [0.15, 0.2) is 16.3 Å². The molecule has 8 nitrogen and oxygen atoms in total. The quantitative estimate of drug-likeness (QED) is 0.452. The fraction of sp³-hybridized carbons (Fsp3) is 0.182. The summed E-state index contributed by atoms with van der Waals surface area (Å²) in [6.45, 7) is -0.280. The largest absolute Gasteiger partial charge is 0.493 e. The van der Waals surface area contributed by atoms with E-state index in [0.717, 1.165) is 15.1 Å². The predicted octanol–water partition coefficient (Wildman–Crippen LogP) is 2.08. The normalized spacial score (nSPS) is 13.5. The van der Waals surface area contributed by atoms with E-state index in [1.165, 1.54) is 25.6 Å². The van der Waals surface area contributed by atoms with Crippen LogP contribution in [0.15, 0.2) is 41.4 Å². The molecule has 4 rings (SSSR count). The average Bonchev–Trinajstić information content (AvgIpc) is 3.22. The van der Waals surface area contributed by atoms with Crippen molar-refractivity contribution in [2.24, 2.45) is 4.99 Å². The molecule has 0 spiro atoms. The van der Waals surface area contributed by atoms with Gasteiger partial charge in [0.05, 0.1) is 42.1 Å². The van der Waals surface area contributed by atoms with E-state index in [-0.39, 0.29) is 17.7 Å². The highest BCUT2D eigenvalue weighted by molar-refractivity contribution is 7.16. The summed E-state index contributed by atoms with van der Waals surface area (Å²) < 4.78 is 13.2. The van der Waals surface area contributed by atoms with Crippen LogP contribution in [-0.2, 0) is 11.3 Å². The number of carbonyl (C=O) groups is 3. The summed E-state index contributed by atoms with van der Waals surface area (Å²) in [6.07, 6.45) is 5.51. The molecule has 0 unspecified atom stereocenters. The van der Waals surface area contributed by atoms with Crippen LogP contribution in [0, 0.1) is 12.3 Å². The number of hydrogen-bond acceptors (Lipinski definition) is 6. The summed E-state index contributed by atoms with van der Waals surface area (Å²) in [5.74, 6) is 1.95. The highest BCUT2D eigenvalue weighted by Crippen LogP contribution is 2.33. The second-order valence-corrected chi connectivity index (χ2v) is 7.61. The first-order chi connectivity index (χ1) is 15.0. The van der Waals surface area contributed by atoms with Crippen LogP contribution in [0.1, 0.15) is 20.7 Å². The van der Waals surface area contributed by atoms with Crippen molar-refractivity contribution in [3.05, 3.63) is 52.3 Å². The molecular weight excluding hydrogens is 418 g/mol. The Balaban J connectivity index is 1.71. The van der Waals surface area contributed by atoms with Crippen LogP contribution in [0.5, 0.6) is 11.5 Å². The molecule has 0 atom stereocenters. The van der Waals surface area contributed by atoms with Gasteiger partial charge in [0.25, 0.3) is 17.7 Å². The van der Waals surface area contributed by atoms with Gasteiger partial charge in [0.2, 0.25) is 0 Å². The lowest BCUT2D eigenvalue weighted by Crippen LogP contribution is -2.35. The Morgan fingerprint density at radius 1 is 1.10 bits per heavy atom. The molecule has 0 bridgehead atoms. The Kier molecular flexibility index (Phi) is 5.31. The fourth-order valence-corrected chi connectivity index (χ4v) is 4.44. The first-order valence-electron chi connectivity index (χ1n) is 9.20. The van der Waals surface area contributed by atoms with E-state index < -0.39 is 24.3 Å². The topological polar surface area (TPSA) is 90.2 Å². The van der Waals surface area contributed by atoms with Gasteiger partial charge in [-0.1, -0.05) is 29.4 Å². The molecule has 0 aliphatic carbocycles. The molecule has 0 N–H and O–H groups in total. The summed E-state index contributed by atoms with van der Waals surface area (Å²) in [5.41, 5.74) is 1.29. The SMILES string of the molecule is C#CCn1c(=NC(=O)CN2C(=O)c3ccccc3C2=O)sc2cc(OC)c(OC)cc21. The zero-order chi connectivity index (χ0) is 22.1. The van der Waals surface area contributed by atoms with Crippen molar-refractivity contribution in [2.45, 2.75) is 6.54 Å². The van der Waals surface area contributed by atoms with Crippen LogP contribution in [0.25, 0.3) is 10.2 Å². The number of thiazole rings is 1. The number of hydrogen-bond donors (Lipinski definition) is 0. The highest BCUT2D eigenvalue weighted by Gasteiger charge is 2.36. The number of fused-ring (bicyclic) bond motifs is 2. The lowest BCUT2D eigenvalue weighted by molar-refractivity contribution is -0.118. The number of ether oxygens (including phenoxy) is 2. The van der Waals surface area contributed by atoms with Crippen LogP contribution in [0.2, 0.25) is 0 Å². The van der Waals surface area contributed by atoms with Gasteiger partial charge < -0.3 is 14.0 Å². The minimum atomic E-state index is -0.634. The number of benzene rings is 2. The van der Waals surface area contributed by atoms with Gasteiger partial charge in [-0.05, 0) is 12.1 Å². The Morgan fingerprint density at radius 3 is 2.29 bits per heavy atom. The van der Waals surface area contributed by atoms with Crippen molar-refractivity contribution in [3.63, 3.8) is 0 Å². The Bertz CT molecular complexity index is 1310. The van der Waals surface area contributed by atoms with Crippen LogP contribution < -0.4 is 14.3 Å². The number of rotatable bonds is 5. The summed E-state index contributed by atoms with van der Waals surface area (Å²) >= 11 is 1.24. The molecule has 156 valence electrons.